The van der Waals surface area contributed by atoms with Crippen molar-refractivity contribution >= 4 is 39.8 Å². The summed E-state index contributed by atoms with van der Waals surface area (Å²) in [5.41, 5.74) is 1.65. The van der Waals surface area contributed by atoms with E-state index in [1.807, 2.05) is 6.07 Å². The molecule has 34 heavy (non-hydrogen) atoms. The zero-order valence-corrected chi connectivity index (χ0v) is 18.9. The molecule has 2 aromatic carbocycles. The first kappa shape index (κ1) is 22.8. The van der Waals surface area contributed by atoms with Crippen molar-refractivity contribution in [2.45, 2.75) is 6.42 Å². The van der Waals surface area contributed by atoms with Crippen LogP contribution in [0.25, 0.3) is 16.2 Å². The number of benzene rings is 2. The summed E-state index contributed by atoms with van der Waals surface area (Å²) in [6, 6.07) is 8.83. The van der Waals surface area contributed by atoms with Crippen molar-refractivity contribution in [1.82, 2.24) is 9.38 Å². The molecule has 174 valence electrons. The second-order valence-corrected chi connectivity index (χ2v) is 8.04. The first-order chi connectivity index (χ1) is 16.3. The van der Waals surface area contributed by atoms with E-state index in [0.717, 1.165) is 11.6 Å². The lowest BCUT2D eigenvalue weighted by molar-refractivity contribution is -0.115. The quantitative estimate of drug-likeness (QED) is 0.346. The number of hydrogen-bond acceptors (Lipinski definition) is 7. The third-order valence-electron chi connectivity index (χ3n) is 5.02. The van der Waals surface area contributed by atoms with E-state index >= 15 is 0 Å². The van der Waals surface area contributed by atoms with Gasteiger partial charge in [-0.1, -0.05) is 0 Å². The van der Waals surface area contributed by atoms with Crippen LogP contribution < -0.4 is 14.8 Å². The summed E-state index contributed by atoms with van der Waals surface area (Å²) in [4.78, 5) is 40.6. The molecule has 0 radical (unpaired) electrons. The number of carboxylic acids is 2. The summed E-state index contributed by atoms with van der Waals surface area (Å²) < 4.78 is 12.5. The Balaban J connectivity index is 1.60. The van der Waals surface area contributed by atoms with Gasteiger partial charge in [0.25, 0.3) is 0 Å². The first-order valence-electron chi connectivity index (χ1n) is 9.88. The average molecular weight is 481 g/mol. The fourth-order valence-corrected chi connectivity index (χ4v) is 4.29. The van der Waals surface area contributed by atoms with Gasteiger partial charge in [-0.05, 0) is 36.4 Å². The lowest BCUT2D eigenvalue weighted by atomic mass is 10.1. The second kappa shape index (κ2) is 9.24. The number of rotatable bonds is 8. The highest BCUT2D eigenvalue weighted by atomic mass is 32.1. The highest BCUT2D eigenvalue weighted by molar-refractivity contribution is 7.15. The third-order valence-corrected chi connectivity index (χ3v) is 5.91. The van der Waals surface area contributed by atoms with E-state index in [1.165, 1.54) is 23.5 Å². The van der Waals surface area contributed by atoms with Gasteiger partial charge in [0.2, 0.25) is 5.91 Å². The number of imidazole rings is 1. The number of ether oxygens (including phenoxy) is 2. The van der Waals surface area contributed by atoms with Crippen molar-refractivity contribution < 1.29 is 34.1 Å². The van der Waals surface area contributed by atoms with E-state index in [2.05, 4.69) is 10.3 Å². The van der Waals surface area contributed by atoms with Crippen LogP contribution >= 0.6 is 11.3 Å². The Labute approximate surface area is 197 Å². The van der Waals surface area contributed by atoms with Gasteiger partial charge in [0.1, 0.15) is 11.5 Å². The van der Waals surface area contributed by atoms with Gasteiger partial charge in [-0.3, -0.25) is 9.20 Å². The van der Waals surface area contributed by atoms with Crippen LogP contribution in [0.2, 0.25) is 0 Å². The number of nitrogens with zero attached hydrogens (tertiary/aromatic N) is 2. The number of amides is 1. The zero-order chi connectivity index (χ0) is 24.4. The summed E-state index contributed by atoms with van der Waals surface area (Å²) in [5, 5.41) is 22.8. The van der Waals surface area contributed by atoms with Crippen molar-refractivity contribution in [1.29, 1.82) is 0 Å². The number of aromatic nitrogens is 2. The van der Waals surface area contributed by atoms with Crippen LogP contribution in [0.1, 0.15) is 26.4 Å². The van der Waals surface area contributed by atoms with Crippen molar-refractivity contribution in [2.24, 2.45) is 0 Å². The lowest BCUT2D eigenvalue weighted by Crippen LogP contribution is -2.16. The van der Waals surface area contributed by atoms with E-state index in [-0.39, 0.29) is 23.2 Å². The molecule has 10 nitrogen and oxygen atoms in total. The number of aromatic carboxylic acids is 2. The number of anilines is 1. The Kier molecular flexibility index (Phi) is 6.19. The van der Waals surface area contributed by atoms with Crippen LogP contribution in [-0.2, 0) is 11.2 Å². The maximum Gasteiger partial charge on any atom is 0.335 e. The van der Waals surface area contributed by atoms with Gasteiger partial charge in [0.05, 0.1) is 37.5 Å². The van der Waals surface area contributed by atoms with Crippen LogP contribution in [0.15, 0.2) is 48.0 Å². The molecule has 0 atom stereocenters. The van der Waals surface area contributed by atoms with E-state index in [4.69, 9.17) is 9.47 Å². The Morgan fingerprint density at radius 1 is 1.03 bits per heavy atom. The molecular weight excluding hydrogens is 462 g/mol. The SMILES string of the molecule is COc1ccc(OC)c(-c2cn3c(CC(=O)Nc4cc(C(=O)O)cc(C(=O)O)c4)csc3n2)c1. The third kappa shape index (κ3) is 4.55. The number of hydrogen-bond donors (Lipinski definition) is 3. The second-order valence-electron chi connectivity index (χ2n) is 7.21. The van der Waals surface area contributed by atoms with E-state index in [1.54, 1.807) is 42.3 Å². The molecule has 2 heterocycles. The fraction of sp³-hybridized carbons (Fsp3) is 0.130. The minimum atomic E-state index is -1.29. The number of fused-ring (bicyclic) bond motifs is 1. The monoisotopic (exact) mass is 481 g/mol. The lowest BCUT2D eigenvalue weighted by Gasteiger charge is -2.08. The topological polar surface area (TPSA) is 139 Å². The van der Waals surface area contributed by atoms with Crippen molar-refractivity contribution in [3.05, 3.63) is 64.8 Å². The molecule has 0 saturated heterocycles. The van der Waals surface area contributed by atoms with Crippen LogP contribution in [0.5, 0.6) is 11.5 Å². The summed E-state index contributed by atoms with van der Waals surface area (Å²) in [5.74, 6) is -1.75. The molecule has 4 rings (SSSR count). The highest BCUT2D eigenvalue weighted by Gasteiger charge is 2.17. The van der Waals surface area contributed by atoms with Crippen molar-refractivity contribution in [2.75, 3.05) is 19.5 Å². The van der Waals surface area contributed by atoms with Crippen LogP contribution in [0, 0.1) is 0 Å². The van der Waals surface area contributed by atoms with Crippen LogP contribution in [0.3, 0.4) is 0 Å². The summed E-state index contributed by atoms with van der Waals surface area (Å²) in [6.45, 7) is 0. The fourth-order valence-electron chi connectivity index (χ4n) is 3.42. The molecule has 0 aliphatic carbocycles. The number of nitrogens with one attached hydrogen (secondary N) is 1. The van der Waals surface area contributed by atoms with Gasteiger partial charge in [-0.2, -0.15) is 0 Å². The Hall–Kier alpha value is -4.38. The van der Waals surface area contributed by atoms with Gasteiger partial charge >= 0.3 is 11.9 Å². The molecule has 2 aromatic heterocycles. The first-order valence-corrected chi connectivity index (χ1v) is 10.8. The maximum absolute atomic E-state index is 12.7. The van der Waals surface area contributed by atoms with Gasteiger partial charge in [-0.25, -0.2) is 14.6 Å². The molecule has 0 unspecified atom stereocenters. The molecular formula is C23H19N3O7S. The Morgan fingerprint density at radius 3 is 2.35 bits per heavy atom. The highest BCUT2D eigenvalue weighted by Crippen LogP contribution is 2.34. The molecule has 0 saturated carbocycles. The average Bonchev–Trinajstić information content (AvgIpc) is 3.40. The molecule has 0 aliphatic rings. The van der Waals surface area contributed by atoms with Crippen LogP contribution in [-0.4, -0.2) is 51.7 Å². The normalized spacial score (nSPS) is 10.8. The van der Waals surface area contributed by atoms with Gasteiger partial charge < -0.3 is 25.0 Å². The minimum absolute atomic E-state index is 0.0370. The standard InChI is InChI=1S/C23H19N3O7S/c1-32-16-3-4-19(33-2)17(9-16)18-10-26-15(11-34-23(26)25-18)8-20(27)24-14-6-12(21(28)29)5-13(7-14)22(30)31/h3-7,9-11H,8H2,1-2H3,(H,24,27)(H,28,29)(H,30,31). The number of thiazole rings is 1. The maximum atomic E-state index is 12.7. The molecule has 0 fully saturated rings. The number of carboxylic acid groups (broad SMARTS) is 2. The van der Waals surface area contributed by atoms with E-state index in [9.17, 15) is 24.6 Å². The minimum Gasteiger partial charge on any atom is -0.497 e. The van der Waals surface area contributed by atoms with Crippen molar-refractivity contribution in [3.8, 4) is 22.8 Å². The van der Waals surface area contributed by atoms with Crippen LogP contribution in [0.4, 0.5) is 5.69 Å². The number of carbonyl (C=O) groups is 3. The number of methoxy groups -OCH3 is 2. The molecule has 1 amide bonds. The zero-order valence-electron chi connectivity index (χ0n) is 18.1. The molecule has 0 bridgehead atoms. The molecule has 0 spiro atoms. The summed E-state index contributed by atoms with van der Waals surface area (Å²) >= 11 is 1.36. The molecule has 11 heteroatoms. The Bertz CT molecular complexity index is 1390. The molecule has 3 N–H and O–H groups in total. The molecule has 4 aromatic rings. The summed E-state index contributed by atoms with van der Waals surface area (Å²) in [7, 11) is 3.13. The summed E-state index contributed by atoms with van der Waals surface area (Å²) in [6.07, 6.45) is 1.75. The molecule has 0 aliphatic heterocycles. The van der Waals surface area contributed by atoms with E-state index < -0.39 is 17.8 Å². The predicted octanol–water partition coefficient (Wildman–Crippen LogP) is 3.66. The smallest absolute Gasteiger partial charge is 0.335 e. The Morgan fingerprint density at radius 2 is 1.74 bits per heavy atom. The predicted molar refractivity (Wildman–Crippen MR) is 124 cm³/mol. The van der Waals surface area contributed by atoms with Gasteiger partial charge in [-0.15, -0.1) is 11.3 Å². The van der Waals surface area contributed by atoms with Gasteiger partial charge in [0.15, 0.2) is 4.96 Å². The van der Waals surface area contributed by atoms with E-state index in [0.29, 0.717) is 27.8 Å². The van der Waals surface area contributed by atoms with Crippen molar-refractivity contribution in [3.63, 3.8) is 0 Å². The number of carbonyl (C=O) groups excluding carboxylic acids is 1. The largest absolute Gasteiger partial charge is 0.497 e. The van der Waals surface area contributed by atoms with Gasteiger partial charge in [0, 0.05) is 28.5 Å².